The molecule has 1 amide bonds. The number of carbonyl (C=O) groups excluding carboxylic acids is 1. The van der Waals surface area contributed by atoms with Crippen LogP contribution in [0.4, 0.5) is 5.69 Å². The van der Waals surface area contributed by atoms with Crippen molar-refractivity contribution < 1.29 is 14.6 Å². The number of fused-ring (bicyclic) bond motifs is 1. The summed E-state index contributed by atoms with van der Waals surface area (Å²) in [5.41, 5.74) is 0.885. The van der Waals surface area contributed by atoms with Crippen molar-refractivity contribution in [3.63, 3.8) is 0 Å². The molecule has 0 N–H and O–H groups in total. The van der Waals surface area contributed by atoms with Gasteiger partial charge in [0.05, 0.1) is 17.0 Å². The zero-order valence-electron chi connectivity index (χ0n) is 18.4. The summed E-state index contributed by atoms with van der Waals surface area (Å²) in [6, 6.07) is 12.5. The van der Waals surface area contributed by atoms with Gasteiger partial charge in [-0.1, -0.05) is 63.2 Å². The van der Waals surface area contributed by atoms with Crippen LogP contribution in [0.2, 0.25) is 0 Å². The summed E-state index contributed by atoms with van der Waals surface area (Å²) in [7, 11) is 1.74. The molecule has 0 radical (unpaired) electrons. The summed E-state index contributed by atoms with van der Waals surface area (Å²) < 4.78 is 0. The molecule has 0 aromatic heterocycles. The van der Waals surface area contributed by atoms with Crippen LogP contribution in [-0.4, -0.2) is 50.9 Å². The van der Waals surface area contributed by atoms with Crippen molar-refractivity contribution in [2.75, 3.05) is 7.05 Å². The molecule has 9 heteroatoms. The topological polar surface area (TPSA) is 110 Å². The fraction of sp³-hybridized carbons (Fsp3) is 0.435. The third-order valence-electron chi connectivity index (χ3n) is 6.57. The van der Waals surface area contributed by atoms with E-state index >= 15 is 0 Å². The van der Waals surface area contributed by atoms with Crippen molar-refractivity contribution in [2.24, 2.45) is 5.41 Å². The first-order valence-electron chi connectivity index (χ1n) is 10.5. The maximum Gasteiger partial charge on any atom is 0.269 e. The number of non-ortho nitro benzene ring substituents is 1. The van der Waals surface area contributed by atoms with Gasteiger partial charge in [-0.05, 0) is 16.5 Å². The fourth-order valence-electron chi connectivity index (χ4n) is 5.52. The Bertz CT molecular complexity index is 1050. The van der Waals surface area contributed by atoms with E-state index < -0.39 is 29.0 Å². The van der Waals surface area contributed by atoms with E-state index in [9.17, 15) is 25.0 Å². The number of nitro groups is 2. The summed E-state index contributed by atoms with van der Waals surface area (Å²) in [6.45, 7) is 6.02. The maximum atomic E-state index is 13.5. The van der Waals surface area contributed by atoms with Crippen LogP contribution in [0.1, 0.15) is 43.9 Å². The number of nitrogens with zero attached hydrogens (tertiary/aromatic N) is 4. The third-order valence-corrected chi connectivity index (χ3v) is 6.57. The number of hydrogen-bond donors (Lipinski definition) is 0. The SMILES string of the molecule is CN1C(=O)C2[C@@H](c3ccccc3)[C@H]([N+](=O)[O-])[C@@H](c3ccc([N+](=O)[O-])cc3)N2C1C(C)(C)C. The normalized spacial score (nSPS) is 28.1. The van der Waals surface area contributed by atoms with E-state index in [2.05, 4.69) is 0 Å². The molecule has 2 aliphatic heterocycles. The molecule has 0 aliphatic carbocycles. The first-order chi connectivity index (χ1) is 15.0. The number of rotatable bonds is 4. The third kappa shape index (κ3) is 3.33. The van der Waals surface area contributed by atoms with Crippen LogP contribution in [0, 0.1) is 25.6 Å². The molecule has 2 heterocycles. The Hall–Kier alpha value is -3.33. The van der Waals surface area contributed by atoms with Gasteiger partial charge in [-0.25, -0.2) is 0 Å². The second-order valence-corrected chi connectivity index (χ2v) is 9.59. The largest absolute Gasteiger partial charge is 0.328 e. The van der Waals surface area contributed by atoms with Crippen LogP contribution in [-0.2, 0) is 4.79 Å². The van der Waals surface area contributed by atoms with Gasteiger partial charge >= 0.3 is 0 Å². The van der Waals surface area contributed by atoms with Crippen molar-refractivity contribution in [1.29, 1.82) is 0 Å². The van der Waals surface area contributed by atoms with E-state index in [-0.39, 0.29) is 28.1 Å². The molecule has 0 spiro atoms. The first-order valence-corrected chi connectivity index (χ1v) is 10.5. The van der Waals surface area contributed by atoms with E-state index in [1.54, 1.807) is 24.1 Å². The number of carbonyl (C=O) groups is 1. The van der Waals surface area contributed by atoms with Crippen molar-refractivity contribution in [3.8, 4) is 0 Å². The Kier molecular flexibility index (Phi) is 5.24. The van der Waals surface area contributed by atoms with E-state index in [1.165, 1.54) is 12.1 Å². The Morgan fingerprint density at radius 2 is 1.47 bits per heavy atom. The lowest BCUT2D eigenvalue weighted by molar-refractivity contribution is -0.529. The minimum Gasteiger partial charge on any atom is -0.328 e. The molecule has 9 nitrogen and oxygen atoms in total. The summed E-state index contributed by atoms with van der Waals surface area (Å²) in [5, 5.41) is 23.6. The standard InChI is InChI=1S/C23H26N4O5/c1-23(2,3)22-24(4)21(28)20-17(14-8-6-5-7-9-14)19(27(31)32)18(25(20)22)15-10-12-16(13-11-15)26(29)30/h5-13,17-20,22H,1-4H3/t17-,18+,19-,20?,22?/m0/s1. The molecular weight excluding hydrogens is 412 g/mol. The zero-order chi connectivity index (χ0) is 23.4. The number of nitro benzene ring substituents is 1. The molecule has 2 aromatic carbocycles. The van der Waals surface area contributed by atoms with Crippen LogP contribution >= 0.6 is 0 Å². The Morgan fingerprint density at radius 3 is 1.97 bits per heavy atom. The van der Waals surface area contributed by atoms with Gasteiger partial charge in [-0.3, -0.25) is 29.9 Å². The van der Waals surface area contributed by atoms with E-state index in [4.69, 9.17) is 0 Å². The molecule has 2 saturated heterocycles. The molecular formula is C23H26N4O5. The predicted molar refractivity (Wildman–Crippen MR) is 117 cm³/mol. The second-order valence-electron chi connectivity index (χ2n) is 9.59. The van der Waals surface area contributed by atoms with Crippen LogP contribution < -0.4 is 0 Å². The van der Waals surface area contributed by atoms with E-state index in [0.717, 1.165) is 5.56 Å². The molecule has 4 rings (SSSR count). The highest BCUT2D eigenvalue weighted by Crippen LogP contribution is 2.53. The minimum atomic E-state index is -1.08. The van der Waals surface area contributed by atoms with E-state index in [0.29, 0.717) is 5.56 Å². The van der Waals surface area contributed by atoms with Gasteiger partial charge in [0.25, 0.3) is 5.69 Å². The van der Waals surface area contributed by atoms with Crippen LogP contribution in [0.5, 0.6) is 0 Å². The summed E-state index contributed by atoms with van der Waals surface area (Å²) >= 11 is 0. The van der Waals surface area contributed by atoms with E-state index in [1.807, 2.05) is 56.0 Å². The molecule has 5 atom stereocenters. The van der Waals surface area contributed by atoms with Crippen molar-refractivity contribution in [3.05, 3.63) is 86.0 Å². The van der Waals surface area contributed by atoms with Crippen molar-refractivity contribution in [2.45, 2.75) is 51.0 Å². The van der Waals surface area contributed by atoms with Crippen LogP contribution in [0.3, 0.4) is 0 Å². The van der Waals surface area contributed by atoms with Gasteiger partial charge in [0.2, 0.25) is 11.9 Å². The highest BCUT2D eigenvalue weighted by Gasteiger charge is 2.66. The average Bonchev–Trinajstić information content (AvgIpc) is 3.21. The summed E-state index contributed by atoms with van der Waals surface area (Å²) in [4.78, 5) is 39.9. The lowest BCUT2D eigenvalue weighted by Gasteiger charge is -2.40. The zero-order valence-corrected chi connectivity index (χ0v) is 18.4. The van der Waals surface area contributed by atoms with Gasteiger partial charge in [-0.15, -0.1) is 0 Å². The van der Waals surface area contributed by atoms with Crippen LogP contribution in [0.25, 0.3) is 0 Å². The van der Waals surface area contributed by atoms with Crippen molar-refractivity contribution >= 4 is 11.6 Å². The number of benzene rings is 2. The Morgan fingerprint density at radius 1 is 0.875 bits per heavy atom. The monoisotopic (exact) mass is 438 g/mol. The predicted octanol–water partition coefficient (Wildman–Crippen LogP) is 3.59. The van der Waals surface area contributed by atoms with Crippen LogP contribution in [0.15, 0.2) is 54.6 Å². The fourth-order valence-corrected chi connectivity index (χ4v) is 5.52. The van der Waals surface area contributed by atoms with Crippen molar-refractivity contribution in [1.82, 2.24) is 9.80 Å². The molecule has 0 saturated carbocycles. The molecule has 2 unspecified atom stereocenters. The first kappa shape index (κ1) is 21.9. The number of amides is 1. The lowest BCUT2D eigenvalue weighted by Crippen LogP contribution is -2.49. The molecule has 2 fully saturated rings. The second kappa shape index (κ2) is 7.67. The average molecular weight is 438 g/mol. The smallest absolute Gasteiger partial charge is 0.269 e. The molecule has 32 heavy (non-hydrogen) atoms. The molecule has 2 aliphatic rings. The van der Waals surface area contributed by atoms with Gasteiger partial charge in [0.15, 0.2) is 0 Å². The van der Waals surface area contributed by atoms with Gasteiger partial charge in [-0.2, -0.15) is 0 Å². The van der Waals surface area contributed by atoms with Gasteiger partial charge < -0.3 is 4.90 Å². The number of hydrogen-bond acceptors (Lipinski definition) is 6. The minimum absolute atomic E-state index is 0.0810. The lowest BCUT2D eigenvalue weighted by atomic mass is 9.84. The summed E-state index contributed by atoms with van der Waals surface area (Å²) in [6.07, 6.45) is -0.364. The quantitative estimate of drug-likeness (QED) is 0.533. The molecule has 2 aromatic rings. The highest BCUT2D eigenvalue weighted by atomic mass is 16.6. The van der Waals surface area contributed by atoms with Gasteiger partial charge in [0.1, 0.15) is 12.1 Å². The Labute approximate surface area is 185 Å². The maximum absolute atomic E-state index is 13.5. The highest BCUT2D eigenvalue weighted by molar-refractivity contribution is 5.86. The molecule has 168 valence electrons. The molecule has 0 bridgehead atoms. The Balaban J connectivity index is 1.93. The van der Waals surface area contributed by atoms with Gasteiger partial charge in [0, 0.05) is 24.1 Å². The number of likely N-dealkylation sites (N-methyl/N-ethyl adjacent to an activating group) is 1. The summed E-state index contributed by atoms with van der Waals surface area (Å²) in [5.74, 6) is -0.788.